The molecule has 0 unspecified atom stereocenters. The lowest BCUT2D eigenvalue weighted by Gasteiger charge is -2.14. The van der Waals surface area contributed by atoms with Crippen molar-refractivity contribution in [3.05, 3.63) is 95.6 Å². The van der Waals surface area contributed by atoms with Crippen molar-refractivity contribution in [3.63, 3.8) is 0 Å². The minimum atomic E-state index is -0.295. The van der Waals surface area contributed by atoms with E-state index in [0.29, 0.717) is 29.3 Å². The second-order valence-corrected chi connectivity index (χ2v) is 7.80. The van der Waals surface area contributed by atoms with Crippen molar-refractivity contribution in [2.75, 3.05) is 19.0 Å². The Morgan fingerprint density at radius 1 is 0.906 bits per heavy atom. The molecule has 0 bridgehead atoms. The van der Waals surface area contributed by atoms with Crippen LogP contribution in [0.4, 0.5) is 5.69 Å². The van der Waals surface area contributed by atoms with Crippen LogP contribution in [0.3, 0.4) is 0 Å². The Hall–Kier alpha value is -3.86. The minimum Gasteiger partial charge on any atom is -0.497 e. The van der Waals surface area contributed by atoms with E-state index in [4.69, 9.17) is 4.74 Å². The van der Waals surface area contributed by atoms with E-state index in [1.165, 1.54) is 0 Å². The molecule has 0 aliphatic rings. The molecule has 0 aromatic heterocycles. The van der Waals surface area contributed by atoms with Crippen LogP contribution in [0.5, 0.6) is 5.75 Å². The molecular formula is C27H28N2O3. The Morgan fingerprint density at radius 2 is 1.56 bits per heavy atom. The van der Waals surface area contributed by atoms with Crippen LogP contribution in [0.25, 0.3) is 11.6 Å². The van der Waals surface area contributed by atoms with E-state index in [1.54, 1.807) is 31.4 Å². The summed E-state index contributed by atoms with van der Waals surface area (Å²) in [7, 11) is 1.61. The smallest absolute Gasteiger partial charge is 0.256 e. The molecule has 0 heterocycles. The molecule has 0 spiro atoms. The topological polar surface area (TPSA) is 67.4 Å². The van der Waals surface area contributed by atoms with Crippen molar-refractivity contribution in [2.24, 2.45) is 5.92 Å². The molecule has 0 atom stereocenters. The van der Waals surface area contributed by atoms with Gasteiger partial charge in [-0.3, -0.25) is 9.59 Å². The third-order valence-electron chi connectivity index (χ3n) is 4.85. The summed E-state index contributed by atoms with van der Waals surface area (Å²) in [5.41, 5.74) is 3.03. The highest BCUT2D eigenvalue weighted by atomic mass is 16.5. The number of carbonyl (C=O) groups excluding carboxylic acids is 2. The zero-order chi connectivity index (χ0) is 22.9. The summed E-state index contributed by atoms with van der Waals surface area (Å²) in [4.78, 5) is 26.0. The van der Waals surface area contributed by atoms with Crippen LogP contribution >= 0.6 is 0 Å². The number of anilines is 1. The molecule has 164 valence electrons. The number of hydrogen-bond donors (Lipinski definition) is 2. The van der Waals surface area contributed by atoms with E-state index in [1.807, 2.05) is 74.5 Å². The number of carbonyl (C=O) groups is 2. The highest BCUT2D eigenvalue weighted by molar-refractivity contribution is 6.29. The normalized spacial score (nSPS) is 11.2. The lowest BCUT2D eigenvalue weighted by molar-refractivity contribution is -0.111. The van der Waals surface area contributed by atoms with Gasteiger partial charge in [0.2, 0.25) is 0 Å². The van der Waals surface area contributed by atoms with Gasteiger partial charge in [0.15, 0.2) is 0 Å². The maximum Gasteiger partial charge on any atom is 0.256 e. The van der Waals surface area contributed by atoms with Crippen LogP contribution in [0, 0.1) is 5.92 Å². The lowest BCUT2D eigenvalue weighted by atomic mass is 10.0. The number of rotatable bonds is 8. The first kappa shape index (κ1) is 22.8. The second kappa shape index (κ2) is 11.0. The second-order valence-electron chi connectivity index (χ2n) is 7.80. The zero-order valence-corrected chi connectivity index (χ0v) is 18.6. The molecule has 32 heavy (non-hydrogen) atoms. The molecule has 2 amide bonds. The van der Waals surface area contributed by atoms with E-state index in [9.17, 15) is 9.59 Å². The predicted octanol–water partition coefficient (Wildman–Crippen LogP) is 5.26. The fourth-order valence-corrected chi connectivity index (χ4v) is 3.14. The van der Waals surface area contributed by atoms with Crippen molar-refractivity contribution in [2.45, 2.75) is 13.8 Å². The first-order valence-corrected chi connectivity index (χ1v) is 10.6. The largest absolute Gasteiger partial charge is 0.497 e. The summed E-state index contributed by atoms with van der Waals surface area (Å²) < 4.78 is 5.22. The van der Waals surface area contributed by atoms with E-state index >= 15 is 0 Å². The van der Waals surface area contributed by atoms with Crippen LogP contribution in [-0.4, -0.2) is 25.5 Å². The average Bonchev–Trinajstić information content (AvgIpc) is 2.82. The molecule has 5 heteroatoms. The first-order valence-electron chi connectivity index (χ1n) is 10.6. The predicted molar refractivity (Wildman–Crippen MR) is 130 cm³/mol. The van der Waals surface area contributed by atoms with Gasteiger partial charge in [-0.1, -0.05) is 68.4 Å². The number of methoxy groups -OCH3 is 1. The molecule has 0 aliphatic heterocycles. The fourth-order valence-electron chi connectivity index (χ4n) is 3.14. The van der Waals surface area contributed by atoms with Gasteiger partial charge in [0.1, 0.15) is 5.75 Å². The first-order chi connectivity index (χ1) is 15.5. The van der Waals surface area contributed by atoms with Gasteiger partial charge in [-0.25, -0.2) is 0 Å². The third-order valence-corrected chi connectivity index (χ3v) is 4.85. The Labute approximate surface area is 189 Å². The monoisotopic (exact) mass is 428 g/mol. The van der Waals surface area contributed by atoms with Crippen molar-refractivity contribution in [3.8, 4) is 5.75 Å². The third kappa shape index (κ3) is 6.08. The highest BCUT2D eigenvalue weighted by Gasteiger charge is 2.17. The molecule has 5 nitrogen and oxygen atoms in total. The number of amides is 2. The van der Waals surface area contributed by atoms with Crippen molar-refractivity contribution < 1.29 is 14.3 Å². The average molecular weight is 429 g/mol. The van der Waals surface area contributed by atoms with Crippen LogP contribution < -0.4 is 15.4 Å². The van der Waals surface area contributed by atoms with Gasteiger partial charge in [-0.2, -0.15) is 0 Å². The van der Waals surface area contributed by atoms with Gasteiger partial charge < -0.3 is 15.4 Å². The molecule has 2 N–H and O–H groups in total. The van der Waals surface area contributed by atoms with Crippen molar-refractivity contribution in [1.82, 2.24) is 5.32 Å². The summed E-state index contributed by atoms with van der Waals surface area (Å²) >= 11 is 0. The molecule has 3 rings (SSSR count). The Bertz CT molecular complexity index is 1090. The number of nitrogens with one attached hydrogen (secondary N) is 2. The van der Waals surface area contributed by atoms with Gasteiger partial charge in [-0.15, -0.1) is 0 Å². The SMILES string of the molecule is COc1ccc(/C=C(/C(=O)Nc2ccccc2C(=O)NCC(C)C)c2ccccc2)cc1. The molecule has 0 saturated carbocycles. The van der Waals surface area contributed by atoms with Gasteiger partial charge >= 0.3 is 0 Å². The Kier molecular flexibility index (Phi) is 7.81. The minimum absolute atomic E-state index is 0.213. The van der Waals surface area contributed by atoms with Gasteiger partial charge in [0.25, 0.3) is 11.8 Å². The summed E-state index contributed by atoms with van der Waals surface area (Å²) in [6.45, 7) is 4.63. The fraction of sp³-hybridized carbons (Fsp3) is 0.185. The molecule has 3 aromatic carbocycles. The summed E-state index contributed by atoms with van der Waals surface area (Å²) in [6.07, 6.45) is 1.82. The number of ether oxygens (including phenoxy) is 1. The maximum absolute atomic E-state index is 13.3. The number of hydrogen-bond acceptors (Lipinski definition) is 3. The number of benzene rings is 3. The van der Waals surface area contributed by atoms with Gasteiger partial charge in [-0.05, 0) is 47.4 Å². The maximum atomic E-state index is 13.3. The van der Waals surface area contributed by atoms with Crippen LogP contribution in [0.1, 0.15) is 35.3 Å². The molecular weight excluding hydrogens is 400 g/mol. The Balaban J connectivity index is 1.91. The van der Waals surface area contributed by atoms with Gasteiger partial charge in [0, 0.05) is 12.1 Å². The zero-order valence-electron chi connectivity index (χ0n) is 18.6. The van der Waals surface area contributed by atoms with Crippen LogP contribution in [0.15, 0.2) is 78.9 Å². The quantitative estimate of drug-likeness (QED) is 0.380. The van der Waals surface area contributed by atoms with E-state index in [0.717, 1.165) is 16.9 Å². The van der Waals surface area contributed by atoms with Gasteiger partial charge in [0.05, 0.1) is 18.4 Å². The van der Waals surface area contributed by atoms with Crippen molar-refractivity contribution in [1.29, 1.82) is 0 Å². The number of para-hydroxylation sites is 1. The molecule has 0 aliphatic carbocycles. The molecule has 0 saturated heterocycles. The summed E-state index contributed by atoms with van der Waals surface area (Å²) in [5.74, 6) is 0.568. The molecule has 3 aromatic rings. The van der Waals surface area contributed by atoms with Crippen LogP contribution in [0.2, 0.25) is 0 Å². The lowest BCUT2D eigenvalue weighted by Crippen LogP contribution is -2.28. The molecule has 0 radical (unpaired) electrons. The summed E-state index contributed by atoms with van der Waals surface area (Å²) in [5, 5.41) is 5.83. The van der Waals surface area contributed by atoms with E-state index in [-0.39, 0.29) is 11.8 Å². The Morgan fingerprint density at radius 3 is 2.22 bits per heavy atom. The van der Waals surface area contributed by atoms with Crippen molar-refractivity contribution >= 4 is 29.2 Å². The van der Waals surface area contributed by atoms with Crippen LogP contribution in [-0.2, 0) is 4.79 Å². The summed E-state index contributed by atoms with van der Waals surface area (Å²) in [6, 6.07) is 23.9. The molecule has 0 fully saturated rings. The highest BCUT2D eigenvalue weighted by Crippen LogP contribution is 2.23. The van der Waals surface area contributed by atoms with E-state index in [2.05, 4.69) is 10.6 Å². The standard InChI is InChI=1S/C27H28N2O3/c1-19(2)18-28-26(30)23-11-7-8-12-25(23)29-27(31)24(21-9-5-4-6-10-21)17-20-13-15-22(32-3)16-14-20/h4-17,19H,18H2,1-3H3,(H,28,30)(H,29,31)/b24-17+. The van der Waals surface area contributed by atoms with E-state index < -0.39 is 0 Å².